The SMILES string of the molecule is CCC[C@@H]1CCCN([C@H](C)c2nnc(-c3cccs3)o2)CC1. The Hall–Kier alpha value is -1.20. The molecule has 2 aromatic rings. The van der Waals surface area contributed by atoms with Gasteiger partial charge >= 0.3 is 0 Å². The van der Waals surface area contributed by atoms with Crippen LogP contribution in [0.1, 0.15) is 57.9 Å². The van der Waals surface area contributed by atoms with Gasteiger partial charge in [0, 0.05) is 0 Å². The first-order chi connectivity index (χ1) is 10.8. The van der Waals surface area contributed by atoms with E-state index >= 15 is 0 Å². The van der Waals surface area contributed by atoms with E-state index in [0.29, 0.717) is 5.89 Å². The van der Waals surface area contributed by atoms with Crippen LogP contribution in [-0.4, -0.2) is 28.2 Å². The second kappa shape index (κ2) is 7.38. The molecule has 0 N–H and O–H groups in total. The van der Waals surface area contributed by atoms with Crippen LogP contribution in [0.3, 0.4) is 0 Å². The van der Waals surface area contributed by atoms with Crippen LogP contribution in [0, 0.1) is 5.92 Å². The maximum atomic E-state index is 5.90. The van der Waals surface area contributed by atoms with Crippen molar-refractivity contribution in [2.24, 2.45) is 5.92 Å². The number of likely N-dealkylation sites (tertiary alicyclic amines) is 1. The zero-order chi connectivity index (χ0) is 15.4. The van der Waals surface area contributed by atoms with Gasteiger partial charge in [0.2, 0.25) is 5.89 Å². The maximum Gasteiger partial charge on any atom is 0.257 e. The molecule has 120 valence electrons. The zero-order valence-corrected chi connectivity index (χ0v) is 14.3. The molecule has 0 aliphatic carbocycles. The Labute approximate surface area is 136 Å². The highest BCUT2D eigenvalue weighted by Gasteiger charge is 2.25. The van der Waals surface area contributed by atoms with E-state index in [1.54, 1.807) is 11.3 Å². The molecule has 0 radical (unpaired) electrons. The first-order valence-corrected chi connectivity index (χ1v) is 9.27. The Balaban J connectivity index is 1.65. The third kappa shape index (κ3) is 3.58. The molecule has 3 heterocycles. The van der Waals surface area contributed by atoms with Crippen LogP contribution < -0.4 is 0 Å². The van der Waals surface area contributed by atoms with E-state index in [-0.39, 0.29) is 6.04 Å². The largest absolute Gasteiger partial charge is 0.418 e. The molecule has 0 saturated carbocycles. The molecule has 1 aliphatic rings. The molecule has 5 heteroatoms. The fourth-order valence-electron chi connectivity index (χ4n) is 3.33. The Morgan fingerprint density at radius 1 is 1.36 bits per heavy atom. The second-order valence-electron chi connectivity index (χ2n) is 6.22. The quantitative estimate of drug-likeness (QED) is 0.796. The summed E-state index contributed by atoms with van der Waals surface area (Å²) in [4.78, 5) is 3.55. The summed E-state index contributed by atoms with van der Waals surface area (Å²) in [5.41, 5.74) is 0. The minimum atomic E-state index is 0.210. The van der Waals surface area contributed by atoms with Crippen molar-refractivity contribution in [3.63, 3.8) is 0 Å². The number of nitrogens with zero attached hydrogens (tertiary/aromatic N) is 3. The highest BCUT2D eigenvalue weighted by atomic mass is 32.1. The monoisotopic (exact) mass is 319 g/mol. The van der Waals surface area contributed by atoms with E-state index in [0.717, 1.165) is 29.8 Å². The summed E-state index contributed by atoms with van der Waals surface area (Å²) in [5.74, 6) is 2.29. The van der Waals surface area contributed by atoms with E-state index < -0.39 is 0 Å². The van der Waals surface area contributed by atoms with Gasteiger partial charge in [-0.2, -0.15) is 0 Å². The molecule has 1 saturated heterocycles. The molecule has 1 aliphatic heterocycles. The second-order valence-corrected chi connectivity index (χ2v) is 7.17. The van der Waals surface area contributed by atoms with Crippen LogP contribution in [-0.2, 0) is 0 Å². The van der Waals surface area contributed by atoms with Gasteiger partial charge in [0.1, 0.15) is 0 Å². The minimum absolute atomic E-state index is 0.210. The van der Waals surface area contributed by atoms with Crippen molar-refractivity contribution < 1.29 is 4.42 Å². The van der Waals surface area contributed by atoms with Crippen LogP contribution in [0.25, 0.3) is 10.8 Å². The predicted octanol–water partition coefficient (Wildman–Crippen LogP) is 4.76. The van der Waals surface area contributed by atoms with E-state index in [2.05, 4.69) is 28.9 Å². The molecule has 0 unspecified atom stereocenters. The zero-order valence-electron chi connectivity index (χ0n) is 13.5. The molecule has 0 bridgehead atoms. The average Bonchev–Trinajstić information content (AvgIpc) is 3.16. The third-order valence-electron chi connectivity index (χ3n) is 4.66. The number of rotatable bonds is 5. The average molecular weight is 319 g/mol. The molecule has 4 nitrogen and oxygen atoms in total. The van der Waals surface area contributed by atoms with Crippen molar-refractivity contribution in [2.75, 3.05) is 13.1 Å². The topological polar surface area (TPSA) is 42.2 Å². The molecule has 2 aromatic heterocycles. The van der Waals surface area contributed by atoms with Crippen molar-refractivity contribution >= 4 is 11.3 Å². The summed E-state index contributed by atoms with van der Waals surface area (Å²) in [7, 11) is 0. The van der Waals surface area contributed by atoms with E-state index in [1.807, 2.05) is 17.5 Å². The molecular formula is C17H25N3OS. The van der Waals surface area contributed by atoms with Crippen LogP contribution in [0.15, 0.2) is 21.9 Å². The number of hydrogen-bond donors (Lipinski definition) is 0. The molecule has 2 atom stereocenters. The van der Waals surface area contributed by atoms with E-state index in [9.17, 15) is 0 Å². The number of hydrogen-bond acceptors (Lipinski definition) is 5. The normalized spacial score (nSPS) is 21.6. The van der Waals surface area contributed by atoms with E-state index in [1.165, 1.54) is 32.1 Å². The number of thiophene rings is 1. The van der Waals surface area contributed by atoms with Gasteiger partial charge in [-0.05, 0) is 56.6 Å². The predicted molar refractivity (Wildman–Crippen MR) is 89.8 cm³/mol. The van der Waals surface area contributed by atoms with Gasteiger partial charge in [-0.3, -0.25) is 4.90 Å². The van der Waals surface area contributed by atoms with Crippen LogP contribution >= 0.6 is 11.3 Å². The first kappa shape index (κ1) is 15.7. The van der Waals surface area contributed by atoms with Gasteiger partial charge in [0.15, 0.2) is 0 Å². The van der Waals surface area contributed by atoms with Gasteiger partial charge in [-0.15, -0.1) is 21.5 Å². The molecule has 1 fully saturated rings. The molecule has 22 heavy (non-hydrogen) atoms. The van der Waals surface area contributed by atoms with Crippen molar-refractivity contribution in [1.29, 1.82) is 0 Å². The lowest BCUT2D eigenvalue weighted by Crippen LogP contribution is -2.28. The highest BCUT2D eigenvalue weighted by molar-refractivity contribution is 7.13. The number of aromatic nitrogens is 2. The third-order valence-corrected chi connectivity index (χ3v) is 5.51. The van der Waals surface area contributed by atoms with Crippen LogP contribution in [0.5, 0.6) is 0 Å². The molecular weight excluding hydrogens is 294 g/mol. The van der Waals surface area contributed by atoms with Gasteiger partial charge in [-0.1, -0.05) is 25.8 Å². The maximum absolute atomic E-state index is 5.90. The lowest BCUT2D eigenvalue weighted by Gasteiger charge is -2.24. The Bertz CT molecular complexity index is 566. The van der Waals surface area contributed by atoms with Crippen LogP contribution in [0.2, 0.25) is 0 Å². The summed E-state index contributed by atoms with van der Waals surface area (Å²) in [6, 6.07) is 4.24. The van der Waals surface area contributed by atoms with Gasteiger partial charge in [-0.25, -0.2) is 0 Å². The summed E-state index contributed by atoms with van der Waals surface area (Å²) >= 11 is 1.64. The van der Waals surface area contributed by atoms with Crippen molar-refractivity contribution in [1.82, 2.24) is 15.1 Å². The lowest BCUT2D eigenvalue weighted by molar-refractivity contribution is 0.188. The summed E-state index contributed by atoms with van der Waals surface area (Å²) < 4.78 is 5.90. The fourth-order valence-corrected chi connectivity index (χ4v) is 3.98. The van der Waals surface area contributed by atoms with Gasteiger partial charge in [0.25, 0.3) is 5.89 Å². The Morgan fingerprint density at radius 3 is 3.05 bits per heavy atom. The summed E-state index contributed by atoms with van der Waals surface area (Å²) in [5, 5.41) is 10.5. The summed E-state index contributed by atoms with van der Waals surface area (Å²) in [6.45, 7) is 6.75. The van der Waals surface area contributed by atoms with E-state index in [4.69, 9.17) is 4.42 Å². The van der Waals surface area contributed by atoms with Crippen molar-refractivity contribution in [2.45, 2.75) is 52.0 Å². The smallest absolute Gasteiger partial charge is 0.257 e. The summed E-state index contributed by atoms with van der Waals surface area (Å²) in [6.07, 6.45) is 6.60. The minimum Gasteiger partial charge on any atom is -0.418 e. The Morgan fingerprint density at radius 2 is 2.27 bits per heavy atom. The lowest BCUT2D eigenvalue weighted by atomic mass is 9.96. The van der Waals surface area contributed by atoms with Crippen molar-refractivity contribution in [3.05, 3.63) is 23.4 Å². The van der Waals surface area contributed by atoms with Crippen molar-refractivity contribution in [3.8, 4) is 10.8 Å². The Kier molecular flexibility index (Phi) is 5.26. The van der Waals surface area contributed by atoms with Gasteiger partial charge in [0.05, 0.1) is 10.9 Å². The standard InChI is InChI=1S/C17H25N3OS/c1-3-6-14-7-4-10-20(11-9-14)13(2)16-18-19-17(21-16)15-8-5-12-22-15/h5,8,12-14H,3-4,6-7,9-11H2,1-2H3/t13-,14-/m1/s1. The fraction of sp³-hybridized carbons (Fsp3) is 0.647. The molecule has 0 spiro atoms. The van der Waals surface area contributed by atoms with Gasteiger partial charge < -0.3 is 4.42 Å². The molecule has 0 aromatic carbocycles. The molecule has 3 rings (SSSR count). The highest BCUT2D eigenvalue weighted by Crippen LogP contribution is 2.29. The first-order valence-electron chi connectivity index (χ1n) is 8.39. The molecule has 0 amide bonds. The van der Waals surface area contributed by atoms with Crippen LogP contribution in [0.4, 0.5) is 0 Å².